The molecule has 0 unspecified atom stereocenters. The fourth-order valence-electron chi connectivity index (χ4n) is 3.74. The van der Waals surface area contributed by atoms with Crippen molar-refractivity contribution in [3.05, 3.63) is 59.1 Å². The van der Waals surface area contributed by atoms with Gasteiger partial charge in [0.2, 0.25) is 5.91 Å². The SMILES string of the molecule is Cc1ccc2c(CC(=O)Nc3c(F)cccc3N3CCCC3)coc2c1C. The van der Waals surface area contributed by atoms with E-state index in [1.54, 1.807) is 12.3 Å². The minimum absolute atomic E-state index is 0.142. The van der Waals surface area contributed by atoms with E-state index in [2.05, 4.69) is 10.2 Å². The number of amides is 1. The molecule has 1 fully saturated rings. The van der Waals surface area contributed by atoms with E-state index >= 15 is 0 Å². The zero-order valence-electron chi connectivity index (χ0n) is 15.6. The smallest absolute Gasteiger partial charge is 0.229 e. The summed E-state index contributed by atoms with van der Waals surface area (Å²) < 4.78 is 20.1. The zero-order valence-corrected chi connectivity index (χ0v) is 15.6. The summed E-state index contributed by atoms with van der Waals surface area (Å²) in [5.74, 6) is -0.655. The van der Waals surface area contributed by atoms with Gasteiger partial charge in [0.05, 0.1) is 18.4 Å². The molecule has 2 aromatic carbocycles. The molecule has 3 aromatic rings. The molecule has 0 bridgehead atoms. The highest BCUT2D eigenvalue weighted by atomic mass is 19.1. The van der Waals surface area contributed by atoms with Crippen molar-refractivity contribution in [2.45, 2.75) is 33.1 Å². The van der Waals surface area contributed by atoms with Crippen molar-refractivity contribution in [1.29, 1.82) is 0 Å². The number of aryl methyl sites for hydroxylation is 2. The summed E-state index contributed by atoms with van der Waals surface area (Å²) in [5.41, 5.74) is 4.86. The summed E-state index contributed by atoms with van der Waals surface area (Å²) in [6.45, 7) is 5.81. The Morgan fingerprint density at radius 3 is 2.74 bits per heavy atom. The van der Waals surface area contributed by atoms with Crippen LogP contribution in [0.1, 0.15) is 29.5 Å². The quantitative estimate of drug-likeness (QED) is 0.709. The van der Waals surface area contributed by atoms with Crippen LogP contribution in [0.4, 0.5) is 15.8 Å². The minimum Gasteiger partial charge on any atom is -0.464 e. The van der Waals surface area contributed by atoms with Gasteiger partial charge in [-0.25, -0.2) is 4.39 Å². The average Bonchev–Trinajstić information content (AvgIpc) is 3.30. The minimum atomic E-state index is -0.406. The Morgan fingerprint density at radius 2 is 1.96 bits per heavy atom. The summed E-state index contributed by atoms with van der Waals surface area (Å²) in [4.78, 5) is 14.8. The van der Waals surface area contributed by atoms with Crippen molar-refractivity contribution >= 4 is 28.3 Å². The third kappa shape index (κ3) is 3.29. The van der Waals surface area contributed by atoms with Crippen molar-refractivity contribution in [1.82, 2.24) is 0 Å². The van der Waals surface area contributed by atoms with Crippen LogP contribution in [0.25, 0.3) is 11.0 Å². The van der Waals surface area contributed by atoms with Gasteiger partial charge >= 0.3 is 0 Å². The van der Waals surface area contributed by atoms with E-state index in [0.29, 0.717) is 0 Å². The van der Waals surface area contributed by atoms with E-state index in [1.165, 1.54) is 6.07 Å². The molecular weight excluding hydrogens is 343 g/mol. The Labute approximate surface area is 158 Å². The van der Waals surface area contributed by atoms with Crippen molar-refractivity contribution in [3.63, 3.8) is 0 Å². The molecule has 1 aliphatic rings. The maximum atomic E-state index is 14.4. The van der Waals surface area contributed by atoms with Crippen LogP contribution in [0.3, 0.4) is 0 Å². The molecular formula is C22H23FN2O2. The highest BCUT2D eigenvalue weighted by Gasteiger charge is 2.20. The Kier molecular flexibility index (Phi) is 4.60. The monoisotopic (exact) mass is 366 g/mol. The summed E-state index contributed by atoms with van der Waals surface area (Å²) in [5, 5.41) is 3.72. The number of anilines is 2. The van der Waals surface area contributed by atoms with Crippen LogP contribution in [-0.2, 0) is 11.2 Å². The lowest BCUT2D eigenvalue weighted by atomic mass is 10.0. The van der Waals surface area contributed by atoms with Crippen molar-refractivity contribution in [2.75, 3.05) is 23.3 Å². The summed E-state index contributed by atoms with van der Waals surface area (Å²) in [6, 6.07) is 8.94. The molecule has 4 rings (SSSR count). The van der Waals surface area contributed by atoms with E-state index in [0.717, 1.165) is 59.3 Å². The predicted octanol–water partition coefficient (Wildman–Crippen LogP) is 4.97. The molecule has 0 radical (unpaired) electrons. The second-order valence-electron chi connectivity index (χ2n) is 7.20. The van der Waals surface area contributed by atoms with Crippen LogP contribution in [0.2, 0.25) is 0 Å². The lowest BCUT2D eigenvalue weighted by Gasteiger charge is -2.22. The number of furan rings is 1. The molecule has 4 nitrogen and oxygen atoms in total. The Morgan fingerprint density at radius 1 is 1.19 bits per heavy atom. The number of rotatable bonds is 4. The number of carbonyl (C=O) groups excluding carboxylic acids is 1. The molecule has 5 heteroatoms. The number of para-hydroxylation sites is 1. The molecule has 27 heavy (non-hydrogen) atoms. The van der Waals surface area contributed by atoms with Gasteiger partial charge < -0.3 is 14.6 Å². The Hall–Kier alpha value is -2.82. The second kappa shape index (κ2) is 7.06. The fourth-order valence-corrected chi connectivity index (χ4v) is 3.74. The van der Waals surface area contributed by atoms with Crippen molar-refractivity contribution < 1.29 is 13.6 Å². The average molecular weight is 366 g/mol. The van der Waals surface area contributed by atoms with Crippen LogP contribution in [0, 0.1) is 19.7 Å². The summed E-state index contributed by atoms with van der Waals surface area (Å²) >= 11 is 0. The topological polar surface area (TPSA) is 45.5 Å². The van der Waals surface area contributed by atoms with Gasteiger partial charge in [0.1, 0.15) is 17.1 Å². The van der Waals surface area contributed by atoms with Crippen LogP contribution in [-0.4, -0.2) is 19.0 Å². The van der Waals surface area contributed by atoms with Crippen molar-refractivity contribution in [3.8, 4) is 0 Å². The first-order chi connectivity index (χ1) is 13.0. The van der Waals surface area contributed by atoms with E-state index in [9.17, 15) is 9.18 Å². The first-order valence-electron chi connectivity index (χ1n) is 9.34. The number of fused-ring (bicyclic) bond motifs is 1. The number of halogens is 1. The zero-order chi connectivity index (χ0) is 19.0. The molecule has 0 atom stereocenters. The molecule has 2 heterocycles. The van der Waals surface area contributed by atoms with E-state index in [-0.39, 0.29) is 18.0 Å². The predicted molar refractivity (Wildman–Crippen MR) is 106 cm³/mol. The number of carbonyl (C=O) groups is 1. The lowest BCUT2D eigenvalue weighted by Crippen LogP contribution is -2.22. The van der Waals surface area contributed by atoms with Crippen LogP contribution < -0.4 is 10.2 Å². The molecule has 0 aliphatic carbocycles. The van der Waals surface area contributed by atoms with Crippen LogP contribution in [0.5, 0.6) is 0 Å². The molecule has 140 valence electrons. The van der Waals surface area contributed by atoms with Gasteiger partial charge in [0.15, 0.2) is 0 Å². The first-order valence-corrected chi connectivity index (χ1v) is 9.34. The van der Waals surface area contributed by atoms with Gasteiger partial charge in [-0.05, 0) is 49.9 Å². The summed E-state index contributed by atoms with van der Waals surface area (Å²) in [7, 11) is 0. The number of nitrogens with zero attached hydrogens (tertiary/aromatic N) is 1. The molecule has 0 saturated carbocycles. The Balaban J connectivity index is 1.58. The number of benzene rings is 2. The fraction of sp³-hybridized carbons (Fsp3) is 0.318. The molecule has 1 aromatic heterocycles. The highest BCUT2D eigenvalue weighted by molar-refractivity contribution is 5.98. The maximum absolute atomic E-state index is 14.4. The van der Waals surface area contributed by atoms with Gasteiger partial charge in [0.25, 0.3) is 0 Å². The van der Waals surface area contributed by atoms with Gasteiger partial charge in [-0.3, -0.25) is 4.79 Å². The van der Waals surface area contributed by atoms with Gasteiger partial charge in [-0.1, -0.05) is 18.2 Å². The maximum Gasteiger partial charge on any atom is 0.229 e. The van der Waals surface area contributed by atoms with Crippen molar-refractivity contribution in [2.24, 2.45) is 0 Å². The molecule has 1 aliphatic heterocycles. The largest absolute Gasteiger partial charge is 0.464 e. The summed E-state index contributed by atoms with van der Waals surface area (Å²) in [6.07, 6.45) is 3.94. The molecule has 0 spiro atoms. The van der Waals surface area contributed by atoms with E-state index in [4.69, 9.17) is 4.42 Å². The highest BCUT2D eigenvalue weighted by Crippen LogP contribution is 2.32. The van der Waals surface area contributed by atoms with Crippen LogP contribution >= 0.6 is 0 Å². The number of hydrogen-bond acceptors (Lipinski definition) is 3. The third-order valence-electron chi connectivity index (χ3n) is 5.40. The number of nitrogens with one attached hydrogen (secondary N) is 1. The number of hydrogen-bond donors (Lipinski definition) is 1. The first kappa shape index (κ1) is 17.6. The molecule has 1 N–H and O–H groups in total. The lowest BCUT2D eigenvalue weighted by molar-refractivity contribution is -0.115. The molecule has 1 saturated heterocycles. The standard InChI is InChI=1S/C22H23FN2O2/c1-14-8-9-17-16(13-27-22(17)15(14)2)12-20(26)24-21-18(23)6-5-7-19(21)25-10-3-4-11-25/h5-9,13H,3-4,10-12H2,1-2H3,(H,24,26). The molecule has 1 amide bonds. The Bertz CT molecular complexity index is 1000. The van der Waals surface area contributed by atoms with E-state index < -0.39 is 5.82 Å². The van der Waals surface area contributed by atoms with E-state index in [1.807, 2.05) is 32.0 Å². The van der Waals surface area contributed by atoms with Crippen LogP contribution in [0.15, 0.2) is 41.0 Å². The second-order valence-corrected chi connectivity index (χ2v) is 7.20. The third-order valence-corrected chi connectivity index (χ3v) is 5.40. The normalized spacial score (nSPS) is 14.1. The van der Waals surface area contributed by atoms with Gasteiger partial charge in [0, 0.05) is 24.0 Å². The van der Waals surface area contributed by atoms with Gasteiger partial charge in [-0.2, -0.15) is 0 Å². The van der Waals surface area contributed by atoms with Gasteiger partial charge in [-0.15, -0.1) is 0 Å².